The fourth-order valence-electron chi connectivity index (χ4n) is 2.17. The third-order valence-corrected chi connectivity index (χ3v) is 2.96. The minimum atomic E-state index is 0.996. The van der Waals surface area contributed by atoms with Gasteiger partial charge in [0, 0.05) is 26.2 Å². The minimum absolute atomic E-state index is 0.996. The van der Waals surface area contributed by atoms with Gasteiger partial charge in [0.05, 0.1) is 6.20 Å². The van der Waals surface area contributed by atoms with Crippen LogP contribution in [0, 0.1) is 0 Å². The largest absolute Gasteiger partial charge is 0.348 e. The molecule has 3 rings (SSSR count). The van der Waals surface area contributed by atoms with E-state index in [4.69, 9.17) is 0 Å². The smallest absolute Gasteiger partial charge is 0.127 e. The molecule has 3 nitrogen and oxygen atoms in total. The maximum absolute atomic E-state index is 4.20. The first-order valence-corrected chi connectivity index (χ1v) is 5.14. The van der Waals surface area contributed by atoms with Gasteiger partial charge in [-0.2, -0.15) is 5.10 Å². The lowest BCUT2D eigenvalue weighted by molar-refractivity contribution is 0.721. The molecule has 0 spiro atoms. The molecular weight excluding hydrogens is 186 g/mol. The molecule has 1 aromatic heterocycles. The average Bonchev–Trinajstić information content (AvgIpc) is 2.82. The number of aryl methyl sites for hydroxylation is 1. The van der Waals surface area contributed by atoms with E-state index in [1.165, 1.54) is 16.9 Å². The molecule has 0 bridgehead atoms. The Morgan fingerprint density at radius 2 is 1.73 bits per heavy atom. The molecule has 0 amide bonds. The van der Waals surface area contributed by atoms with Gasteiger partial charge < -0.3 is 4.90 Å². The maximum Gasteiger partial charge on any atom is 0.127 e. The van der Waals surface area contributed by atoms with Crippen LogP contribution in [0.3, 0.4) is 0 Å². The number of benzene rings is 1. The van der Waals surface area contributed by atoms with Crippen LogP contribution in [0.5, 0.6) is 0 Å². The second-order valence-electron chi connectivity index (χ2n) is 3.94. The van der Waals surface area contributed by atoms with E-state index in [-0.39, 0.29) is 0 Å². The fraction of sp³-hybridized carbons (Fsp3) is 0.250. The number of hydrogen-bond donors (Lipinski definition) is 0. The van der Waals surface area contributed by atoms with Crippen LogP contribution in [0.2, 0.25) is 0 Å². The van der Waals surface area contributed by atoms with E-state index >= 15 is 0 Å². The number of aromatic nitrogens is 2. The van der Waals surface area contributed by atoms with Crippen LogP contribution >= 0.6 is 0 Å². The van der Waals surface area contributed by atoms with Gasteiger partial charge in [-0.25, -0.2) is 0 Å². The van der Waals surface area contributed by atoms with Gasteiger partial charge in [-0.15, -0.1) is 0 Å². The van der Waals surface area contributed by atoms with E-state index in [2.05, 4.69) is 40.3 Å². The van der Waals surface area contributed by atoms with Gasteiger partial charge in [-0.05, 0) is 11.1 Å². The maximum atomic E-state index is 4.20. The molecule has 76 valence electrons. The molecule has 0 N–H and O–H groups in total. The van der Waals surface area contributed by atoms with E-state index in [1.807, 2.05) is 17.9 Å². The molecular formula is C12H13N3. The highest BCUT2D eigenvalue weighted by Crippen LogP contribution is 2.26. The van der Waals surface area contributed by atoms with Crippen molar-refractivity contribution in [1.29, 1.82) is 0 Å². The van der Waals surface area contributed by atoms with Crippen molar-refractivity contribution in [3.8, 4) is 0 Å². The van der Waals surface area contributed by atoms with Gasteiger partial charge in [0.1, 0.15) is 5.82 Å². The van der Waals surface area contributed by atoms with Crippen molar-refractivity contribution in [2.75, 3.05) is 4.90 Å². The zero-order chi connectivity index (χ0) is 10.3. The highest BCUT2D eigenvalue weighted by atomic mass is 15.4. The third-order valence-electron chi connectivity index (χ3n) is 2.96. The van der Waals surface area contributed by atoms with Crippen molar-refractivity contribution < 1.29 is 0 Å². The predicted molar refractivity (Wildman–Crippen MR) is 59.5 cm³/mol. The number of hydrogen-bond acceptors (Lipinski definition) is 2. The average molecular weight is 199 g/mol. The van der Waals surface area contributed by atoms with Crippen molar-refractivity contribution >= 4 is 5.82 Å². The Morgan fingerprint density at radius 3 is 2.27 bits per heavy atom. The lowest BCUT2D eigenvalue weighted by Crippen LogP contribution is -2.17. The predicted octanol–water partition coefficient (Wildman–Crippen LogP) is 1.94. The molecule has 2 aromatic rings. The van der Waals surface area contributed by atoms with Gasteiger partial charge in [-0.1, -0.05) is 24.3 Å². The number of nitrogens with zero attached hydrogens (tertiary/aromatic N) is 3. The van der Waals surface area contributed by atoms with Crippen molar-refractivity contribution in [3.05, 3.63) is 47.7 Å². The second kappa shape index (κ2) is 3.12. The standard InChI is InChI=1S/C12H13N3/c1-14-12(6-7-13-14)15-8-10-4-2-3-5-11(10)9-15/h2-7H,8-9H2,1H3. The first kappa shape index (κ1) is 8.53. The fourth-order valence-corrected chi connectivity index (χ4v) is 2.17. The zero-order valence-electron chi connectivity index (χ0n) is 8.72. The molecule has 0 aliphatic carbocycles. The Bertz CT molecular complexity index is 462. The first-order chi connectivity index (χ1) is 7.34. The van der Waals surface area contributed by atoms with Crippen LogP contribution in [0.1, 0.15) is 11.1 Å². The van der Waals surface area contributed by atoms with Crippen molar-refractivity contribution in [3.63, 3.8) is 0 Å². The SMILES string of the molecule is Cn1nccc1N1Cc2ccccc2C1. The quantitative estimate of drug-likeness (QED) is 0.700. The summed E-state index contributed by atoms with van der Waals surface area (Å²) in [5, 5.41) is 4.20. The van der Waals surface area contributed by atoms with Gasteiger partial charge in [0.25, 0.3) is 0 Å². The van der Waals surface area contributed by atoms with Gasteiger partial charge in [0.2, 0.25) is 0 Å². The molecule has 0 unspecified atom stereocenters. The monoisotopic (exact) mass is 199 g/mol. The van der Waals surface area contributed by atoms with Crippen molar-refractivity contribution in [1.82, 2.24) is 9.78 Å². The number of rotatable bonds is 1. The molecule has 0 fully saturated rings. The molecule has 1 aliphatic heterocycles. The van der Waals surface area contributed by atoms with Crippen molar-refractivity contribution in [2.24, 2.45) is 7.05 Å². The first-order valence-electron chi connectivity index (χ1n) is 5.14. The molecule has 3 heteroatoms. The van der Waals surface area contributed by atoms with Crippen LogP contribution < -0.4 is 4.90 Å². The van der Waals surface area contributed by atoms with Crippen molar-refractivity contribution in [2.45, 2.75) is 13.1 Å². The van der Waals surface area contributed by atoms with E-state index < -0.39 is 0 Å². The molecule has 2 heterocycles. The summed E-state index contributed by atoms with van der Waals surface area (Å²) in [6.45, 7) is 1.99. The molecule has 0 saturated heterocycles. The Balaban J connectivity index is 1.94. The topological polar surface area (TPSA) is 21.1 Å². The molecule has 1 aliphatic rings. The van der Waals surface area contributed by atoms with Crippen LogP contribution in [-0.4, -0.2) is 9.78 Å². The van der Waals surface area contributed by atoms with Gasteiger partial charge in [-0.3, -0.25) is 4.68 Å². The van der Waals surface area contributed by atoms with Crippen LogP contribution in [0.4, 0.5) is 5.82 Å². The van der Waals surface area contributed by atoms with Gasteiger partial charge >= 0.3 is 0 Å². The summed E-state index contributed by atoms with van der Waals surface area (Å²) in [7, 11) is 1.98. The Morgan fingerprint density at radius 1 is 1.07 bits per heavy atom. The Hall–Kier alpha value is -1.77. The Kier molecular flexibility index (Phi) is 1.78. The van der Waals surface area contributed by atoms with Crippen LogP contribution in [0.15, 0.2) is 36.5 Å². The van der Waals surface area contributed by atoms with Gasteiger partial charge in [0.15, 0.2) is 0 Å². The third kappa shape index (κ3) is 1.31. The van der Waals surface area contributed by atoms with E-state index in [9.17, 15) is 0 Å². The lowest BCUT2D eigenvalue weighted by Gasteiger charge is -2.16. The summed E-state index contributed by atoms with van der Waals surface area (Å²) in [6.07, 6.45) is 1.85. The molecule has 15 heavy (non-hydrogen) atoms. The molecule has 1 aromatic carbocycles. The second-order valence-corrected chi connectivity index (χ2v) is 3.94. The van der Waals surface area contributed by atoms with E-state index in [1.54, 1.807) is 0 Å². The summed E-state index contributed by atoms with van der Waals surface area (Å²) in [6, 6.07) is 10.7. The highest BCUT2D eigenvalue weighted by Gasteiger charge is 2.19. The minimum Gasteiger partial charge on any atom is -0.348 e. The highest BCUT2D eigenvalue weighted by molar-refractivity contribution is 5.46. The summed E-state index contributed by atoms with van der Waals surface area (Å²) in [5.41, 5.74) is 2.86. The summed E-state index contributed by atoms with van der Waals surface area (Å²) < 4.78 is 1.92. The Labute approximate surface area is 88.9 Å². The summed E-state index contributed by atoms with van der Waals surface area (Å²) >= 11 is 0. The number of fused-ring (bicyclic) bond motifs is 1. The lowest BCUT2D eigenvalue weighted by atomic mass is 10.1. The molecule has 0 atom stereocenters. The number of anilines is 1. The summed E-state index contributed by atoms with van der Waals surface area (Å²) in [4.78, 5) is 2.34. The molecule has 0 saturated carbocycles. The van der Waals surface area contributed by atoms with E-state index in [0.29, 0.717) is 0 Å². The zero-order valence-corrected chi connectivity index (χ0v) is 8.72. The molecule has 0 radical (unpaired) electrons. The summed E-state index contributed by atoms with van der Waals surface area (Å²) in [5.74, 6) is 1.19. The normalized spacial score (nSPS) is 14.3. The van der Waals surface area contributed by atoms with Crippen LogP contribution in [0.25, 0.3) is 0 Å². The van der Waals surface area contributed by atoms with E-state index in [0.717, 1.165) is 13.1 Å². The van der Waals surface area contributed by atoms with Crippen LogP contribution in [-0.2, 0) is 20.1 Å².